The molecule has 5 heteroatoms. The fraction of sp³-hybridized carbons (Fsp3) is 0.857. The number of hydrogen-bond acceptors (Lipinski definition) is 4. The lowest BCUT2D eigenvalue weighted by Gasteiger charge is -2.38. The second kappa shape index (κ2) is 6.48. The average Bonchev–Trinajstić information content (AvgIpc) is 2.78. The number of nitrogens with zero attached hydrogens (tertiary/aromatic N) is 4. The predicted molar refractivity (Wildman–Crippen MR) is 76.8 cm³/mol. The summed E-state index contributed by atoms with van der Waals surface area (Å²) in [6.45, 7) is 13.0. The Bertz CT molecular complexity index is 387. The molecule has 1 aliphatic heterocycles. The van der Waals surface area contributed by atoms with Crippen molar-refractivity contribution in [2.24, 2.45) is 5.92 Å². The molecule has 1 fully saturated rings. The standard InChI is InChI=1S/C14H27N5/c1-5-13-8-18(12(4)6-15-13)9-14-16-10-17-19(14)7-11(2)3/h10-13,15H,5-9H2,1-4H3. The van der Waals surface area contributed by atoms with Gasteiger partial charge in [-0.05, 0) is 19.3 Å². The summed E-state index contributed by atoms with van der Waals surface area (Å²) in [6.07, 6.45) is 2.86. The van der Waals surface area contributed by atoms with Gasteiger partial charge in [0.15, 0.2) is 0 Å². The third kappa shape index (κ3) is 3.76. The quantitative estimate of drug-likeness (QED) is 0.876. The van der Waals surface area contributed by atoms with Crippen molar-refractivity contribution in [3.63, 3.8) is 0 Å². The van der Waals surface area contributed by atoms with Crippen LogP contribution in [0.2, 0.25) is 0 Å². The molecule has 0 aromatic carbocycles. The smallest absolute Gasteiger partial charge is 0.141 e. The fourth-order valence-electron chi connectivity index (χ4n) is 2.58. The molecule has 2 unspecified atom stereocenters. The monoisotopic (exact) mass is 265 g/mol. The molecule has 2 atom stereocenters. The number of piperazine rings is 1. The van der Waals surface area contributed by atoms with Crippen molar-refractivity contribution in [1.29, 1.82) is 0 Å². The Hall–Kier alpha value is -0.940. The molecule has 0 amide bonds. The summed E-state index contributed by atoms with van der Waals surface area (Å²) >= 11 is 0. The topological polar surface area (TPSA) is 46.0 Å². The Kier molecular flexibility index (Phi) is 4.93. The maximum Gasteiger partial charge on any atom is 0.141 e. The molecule has 1 aliphatic rings. The predicted octanol–water partition coefficient (Wildman–Crippen LogP) is 1.51. The van der Waals surface area contributed by atoms with Gasteiger partial charge in [-0.2, -0.15) is 5.10 Å². The van der Waals surface area contributed by atoms with Crippen LogP contribution in [0.25, 0.3) is 0 Å². The summed E-state index contributed by atoms with van der Waals surface area (Å²) in [5.41, 5.74) is 0. The first-order valence-electron chi connectivity index (χ1n) is 7.44. The highest BCUT2D eigenvalue weighted by molar-refractivity contribution is 4.90. The van der Waals surface area contributed by atoms with Gasteiger partial charge in [-0.1, -0.05) is 20.8 Å². The minimum Gasteiger partial charge on any atom is -0.311 e. The number of nitrogens with one attached hydrogen (secondary N) is 1. The van der Waals surface area contributed by atoms with Gasteiger partial charge in [0, 0.05) is 31.7 Å². The summed E-state index contributed by atoms with van der Waals surface area (Å²) in [4.78, 5) is 6.96. The molecule has 0 bridgehead atoms. The van der Waals surface area contributed by atoms with E-state index < -0.39 is 0 Å². The van der Waals surface area contributed by atoms with Crippen molar-refractivity contribution in [3.05, 3.63) is 12.2 Å². The van der Waals surface area contributed by atoms with E-state index in [4.69, 9.17) is 0 Å². The number of rotatable bonds is 5. The molecule has 0 radical (unpaired) electrons. The normalized spacial score (nSPS) is 25.1. The molecule has 19 heavy (non-hydrogen) atoms. The van der Waals surface area contributed by atoms with Crippen LogP contribution in [0.3, 0.4) is 0 Å². The van der Waals surface area contributed by atoms with Crippen molar-refractivity contribution < 1.29 is 0 Å². The summed E-state index contributed by atoms with van der Waals surface area (Å²) in [6, 6.07) is 1.17. The van der Waals surface area contributed by atoms with Gasteiger partial charge in [0.1, 0.15) is 12.2 Å². The zero-order valence-corrected chi connectivity index (χ0v) is 12.6. The third-order valence-electron chi connectivity index (χ3n) is 3.85. The van der Waals surface area contributed by atoms with Gasteiger partial charge < -0.3 is 5.32 Å². The molecule has 1 aromatic heterocycles. The summed E-state index contributed by atoms with van der Waals surface area (Å²) in [5, 5.41) is 7.94. The molecule has 0 spiro atoms. The Morgan fingerprint density at radius 2 is 2.26 bits per heavy atom. The third-order valence-corrected chi connectivity index (χ3v) is 3.85. The van der Waals surface area contributed by atoms with Crippen LogP contribution in [0.1, 0.15) is 39.9 Å². The first-order chi connectivity index (χ1) is 9.10. The van der Waals surface area contributed by atoms with E-state index in [1.54, 1.807) is 6.33 Å². The molecular formula is C14H27N5. The lowest BCUT2D eigenvalue weighted by molar-refractivity contribution is 0.126. The Balaban J connectivity index is 2.01. The van der Waals surface area contributed by atoms with E-state index in [1.807, 2.05) is 0 Å². The largest absolute Gasteiger partial charge is 0.311 e. The van der Waals surface area contributed by atoms with Gasteiger partial charge >= 0.3 is 0 Å². The summed E-state index contributed by atoms with van der Waals surface area (Å²) in [5.74, 6) is 1.70. The van der Waals surface area contributed by atoms with Crippen LogP contribution in [-0.2, 0) is 13.1 Å². The zero-order valence-electron chi connectivity index (χ0n) is 12.6. The van der Waals surface area contributed by atoms with E-state index in [1.165, 1.54) is 6.42 Å². The number of hydrogen-bond donors (Lipinski definition) is 1. The Morgan fingerprint density at radius 3 is 2.95 bits per heavy atom. The molecule has 0 saturated carbocycles. The van der Waals surface area contributed by atoms with Crippen molar-refractivity contribution in [1.82, 2.24) is 25.0 Å². The lowest BCUT2D eigenvalue weighted by atomic mass is 10.1. The summed E-state index contributed by atoms with van der Waals surface area (Å²) < 4.78 is 2.06. The van der Waals surface area contributed by atoms with Crippen molar-refractivity contribution in [2.45, 2.75) is 59.3 Å². The van der Waals surface area contributed by atoms with Crippen LogP contribution < -0.4 is 5.32 Å². The molecule has 1 saturated heterocycles. The summed E-state index contributed by atoms with van der Waals surface area (Å²) in [7, 11) is 0. The highest BCUT2D eigenvalue weighted by atomic mass is 15.4. The van der Waals surface area contributed by atoms with Crippen LogP contribution in [0, 0.1) is 5.92 Å². The number of aromatic nitrogens is 3. The molecule has 108 valence electrons. The fourth-order valence-corrected chi connectivity index (χ4v) is 2.58. The second-order valence-electron chi connectivity index (χ2n) is 6.04. The highest BCUT2D eigenvalue weighted by Gasteiger charge is 2.25. The SMILES string of the molecule is CCC1CN(Cc2ncnn2CC(C)C)C(C)CN1. The van der Waals surface area contributed by atoms with E-state index in [-0.39, 0.29) is 0 Å². The minimum atomic E-state index is 0.562. The van der Waals surface area contributed by atoms with Crippen LogP contribution in [-0.4, -0.2) is 44.8 Å². The van der Waals surface area contributed by atoms with Crippen molar-refractivity contribution in [2.75, 3.05) is 13.1 Å². The van der Waals surface area contributed by atoms with Crippen molar-refractivity contribution in [3.8, 4) is 0 Å². The molecule has 0 aliphatic carbocycles. The Morgan fingerprint density at radius 1 is 1.47 bits per heavy atom. The van der Waals surface area contributed by atoms with Crippen LogP contribution in [0.15, 0.2) is 6.33 Å². The second-order valence-corrected chi connectivity index (χ2v) is 6.04. The van der Waals surface area contributed by atoms with Gasteiger partial charge in [-0.15, -0.1) is 0 Å². The maximum absolute atomic E-state index is 4.44. The van der Waals surface area contributed by atoms with E-state index in [2.05, 4.69) is 52.7 Å². The van der Waals surface area contributed by atoms with Gasteiger partial charge in [0.2, 0.25) is 0 Å². The van der Waals surface area contributed by atoms with Gasteiger partial charge in [-0.3, -0.25) is 4.90 Å². The molecule has 2 rings (SSSR count). The zero-order chi connectivity index (χ0) is 13.8. The van der Waals surface area contributed by atoms with Gasteiger partial charge in [-0.25, -0.2) is 9.67 Å². The van der Waals surface area contributed by atoms with E-state index >= 15 is 0 Å². The van der Waals surface area contributed by atoms with Crippen molar-refractivity contribution >= 4 is 0 Å². The maximum atomic E-state index is 4.44. The highest BCUT2D eigenvalue weighted by Crippen LogP contribution is 2.13. The van der Waals surface area contributed by atoms with Gasteiger partial charge in [0.25, 0.3) is 0 Å². The van der Waals surface area contributed by atoms with Gasteiger partial charge in [0.05, 0.1) is 6.54 Å². The lowest BCUT2D eigenvalue weighted by Crippen LogP contribution is -2.54. The average molecular weight is 265 g/mol. The molecular weight excluding hydrogens is 238 g/mol. The Labute approximate surface area is 116 Å². The van der Waals surface area contributed by atoms with Crippen LogP contribution in [0.4, 0.5) is 0 Å². The van der Waals surface area contributed by atoms with E-state index in [0.717, 1.165) is 32.0 Å². The first kappa shape index (κ1) is 14.5. The molecule has 1 N–H and O–H groups in total. The molecule has 2 heterocycles. The van der Waals surface area contributed by atoms with E-state index in [0.29, 0.717) is 18.0 Å². The molecule has 5 nitrogen and oxygen atoms in total. The van der Waals surface area contributed by atoms with Crippen LogP contribution in [0.5, 0.6) is 0 Å². The molecule has 1 aromatic rings. The van der Waals surface area contributed by atoms with E-state index in [9.17, 15) is 0 Å². The van der Waals surface area contributed by atoms with Crippen LogP contribution >= 0.6 is 0 Å². The minimum absolute atomic E-state index is 0.562. The first-order valence-corrected chi connectivity index (χ1v) is 7.44.